The molecule has 7 heteroatoms. The molecule has 0 radical (unpaired) electrons. The number of hydrogen-bond acceptors (Lipinski definition) is 6. The van der Waals surface area contributed by atoms with E-state index in [-0.39, 0.29) is 0 Å². The van der Waals surface area contributed by atoms with Crippen molar-refractivity contribution in [2.75, 3.05) is 14.2 Å². The second-order valence-electron chi connectivity index (χ2n) is 4.37. The third-order valence-electron chi connectivity index (χ3n) is 2.76. The molecule has 1 aliphatic heterocycles. The minimum Gasteiger partial charge on any atom is -0.441 e. The zero-order valence-corrected chi connectivity index (χ0v) is 10.4. The number of amides is 1. The molecular weight excluding hydrogens is 230 g/mol. The van der Waals surface area contributed by atoms with Gasteiger partial charge in [0.2, 0.25) is 0 Å². The van der Waals surface area contributed by atoms with Crippen molar-refractivity contribution in [3.8, 4) is 0 Å². The monoisotopic (exact) mass is 249 g/mol. The molecule has 1 saturated heterocycles. The molecule has 1 heterocycles. The minimum absolute atomic E-state index is 0.642. The van der Waals surface area contributed by atoms with Gasteiger partial charge in [-0.15, -0.1) is 0 Å². The van der Waals surface area contributed by atoms with E-state index in [0.717, 1.165) is 0 Å². The van der Waals surface area contributed by atoms with E-state index in [1.165, 1.54) is 14.2 Å². The van der Waals surface area contributed by atoms with Crippen molar-refractivity contribution in [1.29, 1.82) is 0 Å². The topological polar surface area (TPSA) is 100 Å². The molecule has 4 atom stereocenters. The number of rotatable bonds is 3. The van der Waals surface area contributed by atoms with Gasteiger partial charge in [-0.05, 0) is 13.8 Å². The predicted octanol–water partition coefficient (Wildman–Crippen LogP) is -0.392. The number of hydrogen-bond donors (Lipinski definition) is 2. The third kappa shape index (κ3) is 2.86. The molecule has 0 bridgehead atoms. The van der Waals surface area contributed by atoms with Crippen molar-refractivity contribution < 1.29 is 28.8 Å². The van der Waals surface area contributed by atoms with Gasteiger partial charge in [-0.2, -0.15) is 0 Å². The average molecular weight is 249 g/mol. The van der Waals surface area contributed by atoms with E-state index in [4.69, 9.17) is 24.7 Å². The number of nitrogens with two attached hydrogens (primary N) is 1. The molecule has 1 amide bonds. The SMILES string of the molecule is COC1OC(C)(C)[C@H](OC)[C@H](OC(N)=O)[C@@H]1O. The second-order valence-corrected chi connectivity index (χ2v) is 4.37. The summed E-state index contributed by atoms with van der Waals surface area (Å²) in [4.78, 5) is 10.8. The lowest BCUT2D eigenvalue weighted by molar-refractivity contribution is -0.319. The van der Waals surface area contributed by atoms with Gasteiger partial charge in [0.25, 0.3) is 0 Å². The molecule has 3 N–H and O–H groups in total. The quantitative estimate of drug-likeness (QED) is 0.706. The summed E-state index contributed by atoms with van der Waals surface area (Å²) in [6.07, 6.45) is -4.63. The van der Waals surface area contributed by atoms with Crippen LogP contribution in [0.1, 0.15) is 13.8 Å². The van der Waals surface area contributed by atoms with E-state index in [1.54, 1.807) is 13.8 Å². The first-order chi connectivity index (χ1) is 7.83. The Bertz CT molecular complexity index is 282. The predicted molar refractivity (Wildman–Crippen MR) is 57.2 cm³/mol. The first-order valence-corrected chi connectivity index (χ1v) is 5.21. The van der Waals surface area contributed by atoms with Gasteiger partial charge >= 0.3 is 6.09 Å². The van der Waals surface area contributed by atoms with Gasteiger partial charge < -0.3 is 29.8 Å². The number of methoxy groups -OCH3 is 2. The van der Waals surface area contributed by atoms with E-state index in [1.807, 2.05) is 0 Å². The summed E-state index contributed by atoms with van der Waals surface area (Å²) in [5, 5.41) is 9.95. The van der Waals surface area contributed by atoms with Crippen LogP contribution in [-0.2, 0) is 18.9 Å². The Morgan fingerprint density at radius 3 is 2.35 bits per heavy atom. The molecule has 0 saturated carbocycles. The average Bonchev–Trinajstić information content (AvgIpc) is 2.22. The van der Waals surface area contributed by atoms with Gasteiger partial charge in [-0.1, -0.05) is 0 Å². The molecule has 0 aromatic rings. The maximum Gasteiger partial charge on any atom is 0.404 e. The lowest BCUT2D eigenvalue weighted by Crippen LogP contribution is -2.64. The number of carbonyl (C=O) groups is 1. The summed E-state index contributed by atoms with van der Waals surface area (Å²) in [5.41, 5.74) is 4.19. The Labute approximate surface area is 99.8 Å². The number of primary amides is 1. The lowest BCUT2D eigenvalue weighted by atomic mass is 9.89. The maximum absolute atomic E-state index is 10.8. The second kappa shape index (κ2) is 5.18. The highest BCUT2D eigenvalue weighted by molar-refractivity contribution is 5.65. The molecule has 0 aromatic heterocycles. The first-order valence-electron chi connectivity index (χ1n) is 5.21. The largest absolute Gasteiger partial charge is 0.441 e. The van der Waals surface area contributed by atoms with Crippen LogP contribution in [0.5, 0.6) is 0 Å². The Kier molecular flexibility index (Phi) is 4.31. The number of ether oxygens (including phenoxy) is 4. The smallest absolute Gasteiger partial charge is 0.404 e. The summed E-state index contributed by atoms with van der Waals surface area (Å²) in [6.45, 7) is 3.49. The summed E-state index contributed by atoms with van der Waals surface area (Å²) in [7, 11) is 2.82. The van der Waals surface area contributed by atoms with Gasteiger partial charge in [0.1, 0.15) is 12.2 Å². The van der Waals surface area contributed by atoms with Crippen LogP contribution in [0.2, 0.25) is 0 Å². The summed E-state index contributed by atoms with van der Waals surface area (Å²) in [5.74, 6) is 0. The van der Waals surface area contributed by atoms with E-state index < -0.39 is 36.3 Å². The van der Waals surface area contributed by atoms with Crippen molar-refractivity contribution in [3.05, 3.63) is 0 Å². The van der Waals surface area contributed by atoms with Gasteiger partial charge in [-0.25, -0.2) is 4.79 Å². The maximum atomic E-state index is 10.8. The molecule has 1 fully saturated rings. The number of aliphatic hydroxyl groups excluding tert-OH is 1. The van der Waals surface area contributed by atoms with Crippen molar-refractivity contribution in [3.63, 3.8) is 0 Å². The van der Waals surface area contributed by atoms with Crippen LogP contribution in [0.25, 0.3) is 0 Å². The van der Waals surface area contributed by atoms with Gasteiger partial charge in [0.05, 0.1) is 5.60 Å². The van der Waals surface area contributed by atoms with Crippen LogP contribution in [-0.4, -0.2) is 55.6 Å². The van der Waals surface area contributed by atoms with Crippen LogP contribution < -0.4 is 5.73 Å². The highest BCUT2D eigenvalue weighted by Gasteiger charge is 2.52. The summed E-state index contributed by atoms with van der Waals surface area (Å²) < 4.78 is 20.6. The van der Waals surface area contributed by atoms with Gasteiger partial charge in [-0.3, -0.25) is 0 Å². The first kappa shape index (κ1) is 14.2. The number of carbonyl (C=O) groups excluding carboxylic acids is 1. The van der Waals surface area contributed by atoms with E-state index >= 15 is 0 Å². The molecule has 100 valence electrons. The third-order valence-corrected chi connectivity index (χ3v) is 2.76. The van der Waals surface area contributed by atoms with Crippen LogP contribution in [0, 0.1) is 0 Å². The van der Waals surface area contributed by atoms with E-state index in [9.17, 15) is 9.90 Å². The molecule has 0 aromatic carbocycles. The molecule has 1 aliphatic rings. The normalized spacial score (nSPS) is 36.5. The molecule has 1 unspecified atom stereocenters. The molecule has 7 nitrogen and oxygen atoms in total. The van der Waals surface area contributed by atoms with E-state index in [2.05, 4.69) is 0 Å². The van der Waals surface area contributed by atoms with Crippen LogP contribution in [0.3, 0.4) is 0 Å². The molecule has 1 rings (SSSR count). The van der Waals surface area contributed by atoms with Crippen molar-refractivity contribution in [2.45, 2.75) is 44.1 Å². The van der Waals surface area contributed by atoms with Crippen LogP contribution in [0.4, 0.5) is 4.79 Å². The Balaban J connectivity index is 2.96. The van der Waals surface area contributed by atoms with Crippen molar-refractivity contribution in [1.82, 2.24) is 0 Å². The van der Waals surface area contributed by atoms with Gasteiger partial charge in [0.15, 0.2) is 12.4 Å². The fraction of sp³-hybridized carbons (Fsp3) is 0.900. The Morgan fingerprint density at radius 1 is 1.35 bits per heavy atom. The zero-order chi connectivity index (χ0) is 13.2. The minimum atomic E-state index is -1.16. The van der Waals surface area contributed by atoms with Gasteiger partial charge in [0, 0.05) is 14.2 Å². The summed E-state index contributed by atoms with van der Waals surface area (Å²) in [6, 6.07) is 0. The summed E-state index contributed by atoms with van der Waals surface area (Å²) >= 11 is 0. The zero-order valence-electron chi connectivity index (χ0n) is 10.4. The Hall–Kier alpha value is -0.890. The lowest BCUT2D eigenvalue weighted by Gasteiger charge is -2.47. The van der Waals surface area contributed by atoms with E-state index in [0.29, 0.717) is 0 Å². The fourth-order valence-corrected chi connectivity index (χ4v) is 2.04. The highest BCUT2D eigenvalue weighted by Crippen LogP contribution is 2.33. The molecule has 17 heavy (non-hydrogen) atoms. The molecule has 0 aliphatic carbocycles. The van der Waals surface area contributed by atoms with Crippen molar-refractivity contribution >= 4 is 6.09 Å². The fourth-order valence-electron chi connectivity index (χ4n) is 2.04. The van der Waals surface area contributed by atoms with Crippen LogP contribution >= 0.6 is 0 Å². The standard InChI is InChI=1S/C10H19NO6/c1-10(2)7(14-3)6(16-9(11)13)5(12)8(15-4)17-10/h5-8,12H,1-4H3,(H2,11,13)/t5-,6+,7+,8?/m0/s1. The molecule has 0 spiro atoms. The molecular formula is C10H19NO6. The Morgan fingerprint density at radius 2 is 1.94 bits per heavy atom. The van der Waals surface area contributed by atoms with Crippen LogP contribution in [0.15, 0.2) is 0 Å². The number of aliphatic hydroxyl groups is 1. The highest BCUT2D eigenvalue weighted by atomic mass is 16.7. The van der Waals surface area contributed by atoms with Crippen molar-refractivity contribution in [2.24, 2.45) is 5.73 Å².